The Hall–Kier alpha value is 1.92. The fourth-order valence-corrected chi connectivity index (χ4v) is 9.74. The zero-order chi connectivity index (χ0) is 11.0. The van der Waals surface area contributed by atoms with Crippen molar-refractivity contribution in [2.75, 3.05) is 0 Å². The van der Waals surface area contributed by atoms with Crippen LogP contribution < -0.4 is 0 Å². The standard InChI is InChI=1S/C12H12Br4/c13-11(14)1-3-5-4(2-11)7-8(5)6(3)9-10(7)12(9,15)16/h3-10H,1-2H2/t3-,4-,5?,6+,7+,8?,9+,10+/m0/s1. The maximum absolute atomic E-state index is 3.93. The monoisotopic (exact) mass is 472 g/mol. The zero-order valence-corrected chi connectivity index (χ0v) is 14.9. The Kier molecular flexibility index (Phi) is 1.80. The molecule has 0 bridgehead atoms. The molecule has 5 saturated carbocycles. The Morgan fingerprint density at radius 3 is 1.69 bits per heavy atom. The first kappa shape index (κ1) is 10.7. The molecule has 0 heterocycles. The van der Waals surface area contributed by atoms with Crippen LogP contribution in [0, 0.1) is 47.3 Å². The van der Waals surface area contributed by atoms with Crippen molar-refractivity contribution in [2.45, 2.75) is 19.3 Å². The molecule has 0 saturated heterocycles. The fraction of sp³-hybridized carbons (Fsp3) is 1.00. The Labute approximate surface area is 129 Å². The molecule has 4 heteroatoms. The lowest BCUT2D eigenvalue weighted by molar-refractivity contribution is -0.209. The second-order valence-electron chi connectivity index (χ2n) is 6.63. The summed E-state index contributed by atoms with van der Waals surface area (Å²) >= 11 is 15.6. The number of fused-ring (bicyclic) bond motifs is 5. The van der Waals surface area contributed by atoms with Gasteiger partial charge in [0.1, 0.15) is 0 Å². The molecule has 0 spiro atoms. The normalized spacial score (nSPS) is 69.8. The highest BCUT2D eigenvalue weighted by Crippen LogP contribution is 2.90. The summed E-state index contributed by atoms with van der Waals surface area (Å²) in [6.07, 6.45) is 2.70. The van der Waals surface area contributed by atoms with Crippen LogP contribution in [-0.4, -0.2) is 6.47 Å². The van der Waals surface area contributed by atoms with Crippen LogP contribution in [0.2, 0.25) is 0 Å². The lowest BCUT2D eigenvalue weighted by Gasteiger charge is -2.71. The van der Waals surface area contributed by atoms with Crippen molar-refractivity contribution in [3.8, 4) is 0 Å². The molecule has 5 fully saturated rings. The molecule has 0 aromatic rings. The Morgan fingerprint density at radius 2 is 1.19 bits per heavy atom. The first-order valence-electron chi connectivity index (χ1n) is 6.19. The molecular weight excluding hydrogens is 464 g/mol. The average molecular weight is 476 g/mol. The van der Waals surface area contributed by atoms with E-state index in [2.05, 4.69) is 63.7 Å². The van der Waals surface area contributed by atoms with Gasteiger partial charge in [-0.3, -0.25) is 0 Å². The molecule has 0 amide bonds. The summed E-state index contributed by atoms with van der Waals surface area (Å²) in [4.78, 5) is 0. The van der Waals surface area contributed by atoms with E-state index < -0.39 is 0 Å². The first-order valence-corrected chi connectivity index (χ1v) is 9.36. The van der Waals surface area contributed by atoms with Gasteiger partial charge >= 0.3 is 0 Å². The largest absolute Gasteiger partial charge is 0.0874 e. The van der Waals surface area contributed by atoms with Crippen LogP contribution in [0.15, 0.2) is 0 Å². The maximum Gasteiger partial charge on any atom is 0.0874 e. The number of rotatable bonds is 0. The molecule has 6 atom stereocenters. The average Bonchev–Trinajstić information content (AvgIpc) is 2.58. The van der Waals surface area contributed by atoms with Gasteiger partial charge in [-0.2, -0.15) is 0 Å². The first-order chi connectivity index (χ1) is 7.43. The Morgan fingerprint density at radius 1 is 0.688 bits per heavy atom. The molecule has 88 valence electrons. The van der Waals surface area contributed by atoms with Gasteiger partial charge in [-0.25, -0.2) is 0 Å². The minimum Gasteiger partial charge on any atom is -0.0727 e. The molecule has 0 radical (unpaired) electrons. The molecule has 0 unspecified atom stereocenters. The zero-order valence-electron chi connectivity index (χ0n) is 8.54. The van der Waals surface area contributed by atoms with Crippen molar-refractivity contribution in [2.24, 2.45) is 47.3 Å². The highest BCUT2D eigenvalue weighted by atomic mass is 79.9. The lowest BCUT2D eigenvalue weighted by Crippen LogP contribution is -2.67. The summed E-state index contributed by atoms with van der Waals surface area (Å²) in [7, 11) is 0. The Bertz CT molecular complexity index is 370. The van der Waals surface area contributed by atoms with Crippen LogP contribution in [-0.2, 0) is 0 Å². The van der Waals surface area contributed by atoms with E-state index in [1.807, 2.05) is 0 Å². The van der Waals surface area contributed by atoms with Crippen molar-refractivity contribution >= 4 is 63.7 Å². The van der Waals surface area contributed by atoms with Crippen LogP contribution in [0.5, 0.6) is 0 Å². The fourth-order valence-electron chi connectivity index (χ4n) is 6.15. The van der Waals surface area contributed by atoms with E-state index in [0.717, 1.165) is 47.3 Å². The summed E-state index contributed by atoms with van der Waals surface area (Å²) in [6.45, 7) is 0. The summed E-state index contributed by atoms with van der Waals surface area (Å²) in [5.41, 5.74) is 0. The third kappa shape index (κ3) is 0.924. The molecule has 5 aliphatic carbocycles. The predicted molar refractivity (Wildman–Crippen MR) is 78.3 cm³/mol. The van der Waals surface area contributed by atoms with E-state index in [9.17, 15) is 0 Å². The van der Waals surface area contributed by atoms with Gasteiger partial charge in [0.25, 0.3) is 0 Å². The quantitative estimate of drug-likeness (QED) is 0.444. The van der Waals surface area contributed by atoms with Crippen LogP contribution in [0.4, 0.5) is 0 Å². The minimum atomic E-state index is 0.270. The maximum atomic E-state index is 3.93. The van der Waals surface area contributed by atoms with Gasteiger partial charge in [0.2, 0.25) is 0 Å². The third-order valence-electron chi connectivity index (χ3n) is 6.38. The van der Waals surface area contributed by atoms with Gasteiger partial charge < -0.3 is 0 Å². The summed E-state index contributed by atoms with van der Waals surface area (Å²) in [5.74, 6) is 8.21. The van der Waals surface area contributed by atoms with Crippen molar-refractivity contribution in [1.82, 2.24) is 0 Å². The highest BCUT2D eigenvalue weighted by molar-refractivity contribution is 9.25. The lowest BCUT2D eigenvalue weighted by atomic mass is 9.36. The van der Waals surface area contributed by atoms with Crippen molar-refractivity contribution < 1.29 is 0 Å². The van der Waals surface area contributed by atoms with Crippen molar-refractivity contribution in [1.29, 1.82) is 0 Å². The van der Waals surface area contributed by atoms with E-state index in [1.165, 1.54) is 12.8 Å². The van der Waals surface area contributed by atoms with Crippen LogP contribution in [0.3, 0.4) is 0 Å². The SMILES string of the molecule is BrC1(Br)C[C@H]2C3C4[C@@H]2[C@@H]2[C@@H]([C@@H]4[C@H]3C1)C2(Br)Br. The van der Waals surface area contributed by atoms with E-state index >= 15 is 0 Å². The van der Waals surface area contributed by atoms with Gasteiger partial charge in [0.15, 0.2) is 0 Å². The van der Waals surface area contributed by atoms with Crippen LogP contribution in [0.25, 0.3) is 0 Å². The highest BCUT2D eigenvalue weighted by Gasteiger charge is 2.87. The van der Waals surface area contributed by atoms with Gasteiger partial charge in [-0.1, -0.05) is 63.7 Å². The van der Waals surface area contributed by atoms with Crippen LogP contribution in [0.1, 0.15) is 12.8 Å². The molecule has 0 aromatic carbocycles. The molecular formula is C12H12Br4. The smallest absolute Gasteiger partial charge is 0.0727 e. The number of hydrogen-bond acceptors (Lipinski definition) is 0. The van der Waals surface area contributed by atoms with Gasteiger partial charge in [0, 0.05) is 0 Å². The van der Waals surface area contributed by atoms with E-state index in [0.29, 0.717) is 3.23 Å². The summed E-state index contributed by atoms with van der Waals surface area (Å²) in [5, 5.41) is 0. The van der Waals surface area contributed by atoms with Crippen LogP contribution >= 0.6 is 63.7 Å². The minimum absolute atomic E-state index is 0.270. The van der Waals surface area contributed by atoms with E-state index in [4.69, 9.17) is 0 Å². The third-order valence-corrected chi connectivity index (χ3v) is 9.79. The van der Waals surface area contributed by atoms with Gasteiger partial charge in [-0.15, -0.1) is 0 Å². The van der Waals surface area contributed by atoms with E-state index in [-0.39, 0.29) is 3.23 Å². The molecule has 5 rings (SSSR count). The van der Waals surface area contributed by atoms with Gasteiger partial charge in [0.05, 0.1) is 6.47 Å². The summed E-state index contributed by atoms with van der Waals surface area (Å²) < 4.78 is 0.609. The molecule has 0 N–H and O–H groups in total. The molecule has 16 heavy (non-hydrogen) atoms. The molecule has 0 aromatic heterocycles. The molecule has 0 aliphatic heterocycles. The molecule has 5 aliphatic rings. The van der Waals surface area contributed by atoms with Gasteiger partial charge in [-0.05, 0) is 60.2 Å². The predicted octanol–water partition coefficient (Wildman–Crippen LogP) is 4.74. The second kappa shape index (κ2) is 2.69. The molecule has 0 nitrogen and oxygen atoms in total. The van der Waals surface area contributed by atoms with Crippen molar-refractivity contribution in [3.05, 3.63) is 0 Å². The topological polar surface area (TPSA) is 0 Å². The second-order valence-corrected chi connectivity index (χ2v) is 14.4. The Balaban J connectivity index is 1.58. The van der Waals surface area contributed by atoms with Crippen molar-refractivity contribution in [3.63, 3.8) is 0 Å². The number of alkyl halides is 4. The summed E-state index contributed by atoms with van der Waals surface area (Å²) in [6, 6.07) is 0. The number of hydrogen-bond donors (Lipinski definition) is 0. The van der Waals surface area contributed by atoms with E-state index in [1.54, 1.807) is 0 Å². The number of halogens is 4.